The van der Waals surface area contributed by atoms with Crippen LogP contribution in [0.3, 0.4) is 0 Å². The SMILES string of the molecule is CC(C)(CN)Sc1ccccc1Br. The van der Waals surface area contributed by atoms with E-state index in [1.807, 2.05) is 12.1 Å². The second-order valence-corrected chi connectivity index (χ2v) is 6.10. The lowest BCUT2D eigenvalue weighted by atomic mass is 10.2. The molecule has 0 amide bonds. The first kappa shape index (κ1) is 11.1. The number of hydrogen-bond acceptors (Lipinski definition) is 2. The minimum Gasteiger partial charge on any atom is -0.329 e. The second kappa shape index (κ2) is 4.49. The fourth-order valence-corrected chi connectivity index (χ4v) is 2.39. The van der Waals surface area contributed by atoms with Gasteiger partial charge in [-0.3, -0.25) is 0 Å². The van der Waals surface area contributed by atoms with Gasteiger partial charge in [-0.25, -0.2) is 0 Å². The highest BCUT2D eigenvalue weighted by Crippen LogP contribution is 2.35. The molecule has 0 aliphatic carbocycles. The van der Waals surface area contributed by atoms with Gasteiger partial charge in [0.2, 0.25) is 0 Å². The van der Waals surface area contributed by atoms with Crippen molar-refractivity contribution in [3.63, 3.8) is 0 Å². The molecule has 0 aliphatic heterocycles. The van der Waals surface area contributed by atoms with E-state index in [2.05, 4.69) is 41.9 Å². The van der Waals surface area contributed by atoms with Gasteiger partial charge in [-0.2, -0.15) is 0 Å². The van der Waals surface area contributed by atoms with E-state index in [-0.39, 0.29) is 4.75 Å². The summed E-state index contributed by atoms with van der Waals surface area (Å²) in [5.41, 5.74) is 5.67. The first-order chi connectivity index (χ1) is 6.05. The number of thioether (sulfide) groups is 1. The molecule has 1 nitrogen and oxygen atoms in total. The summed E-state index contributed by atoms with van der Waals surface area (Å²) in [6.45, 7) is 4.98. The number of halogens is 1. The van der Waals surface area contributed by atoms with Gasteiger partial charge in [0.25, 0.3) is 0 Å². The van der Waals surface area contributed by atoms with Crippen LogP contribution in [0.5, 0.6) is 0 Å². The molecule has 0 saturated carbocycles. The van der Waals surface area contributed by atoms with Crippen LogP contribution in [0.15, 0.2) is 33.6 Å². The highest BCUT2D eigenvalue weighted by molar-refractivity contribution is 9.10. The molecule has 13 heavy (non-hydrogen) atoms. The number of benzene rings is 1. The normalized spacial score (nSPS) is 11.7. The third-order valence-electron chi connectivity index (χ3n) is 1.71. The van der Waals surface area contributed by atoms with Crippen molar-refractivity contribution in [1.82, 2.24) is 0 Å². The Hall–Kier alpha value is 0.01000. The van der Waals surface area contributed by atoms with Crippen molar-refractivity contribution in [2.45, 2.75) is 23.5 Å². The Labute approximate surface area is 92.2 Å². The molecule has 1 aromatic carbocycles. The van der Waals surface area contributed by atoms with E-state index in [0.29, 0.717) is 6.54 Å². The van der Waals surface area contributed by atoms with Crippen molar-refractivity contribution >= 4 is 27.7 Å². The van der Waals surface area contributed by atoms with Crippen molar-refractivity contribution in [3.05, 3.63) is 28.7 Å². The highest BCUT2D eigenvalue weighted by Gasteiger charge is 2.17. The molecule has 0 radical (unpaired) electrons. The molecule has 0 bridgehead atoms. The van der Waals surface area contributed by atoms with Gasteiger partial charge in [-0.05, 0) is 41.9 Å². The van der Waals surface area contributed by atoms with Crippen LogP contribution in [0.4, 0.5) is 0 Å². The lowest BCUT2D eigenvalue weighted by Gasteiger charge is -2.22. The maximum Gasteiger partial charge on any atom is 0.0311 e. The van der Waals surface area contributed by atoms with E-state index < -0.39 is 0 Å². The Morgan fingerprint density at radius 2 is 2.00 bits per heavy atom. The summed E-state index contributed by atoms with van der Waals surface area (Å²) in [5.74, 6) is 0. The molecule has 2 N–H and O–H groups in total. The van der Waals surface area contributed by atoms with E-state index in [1.165, 1.54) is 4.90 Å². The number of hydrogen-bond donors (Lipinski definition) is 1. The average Bonchev–Trinajstić information content (AvgIpc) is 2.09. The minimum atomic E-state index is 0.101. The Kier molecular flexibility index (Phi) is 3.83. The van der Waals surface area contributed by atoms with Gasteiger partial charge in [0.1, 0.15) is 0 Å². The van der Waals surface area contributed by atoms with Crippen molar-refractivity contribution in [1.29, 1.82) is 0 Å². The van der Waals surface area contributed by atoms with Crippen LogP contribution in [-0.2, 0) is 0 Å². The van der Waals surface area contributed by atoms with Crippen LogP contribution < -0.4 is 5.73 Å². The molecule has 0 heterocycles. The van der Waals surface area contributed by atoms with Crippen LogP contribution >= 0.6 is 27.7 Å². The Morgan fingerprint density at radius 3 is 2.54 bits per heavy atom. The second-order valence-electron chi connectivity index (χ2n) is 3.50. The van der Waals surface area contributed by atoms with Crippen LogP contribution in [0.25, 0.3) is 0 Å². The van der Waals surface area contributed by atoms with Crippen molar-refractivity contribution in [3.8, 4) is 0 Å². The van der Waals surface area contributed by atoms with Gasteiger partial charge in [0.05, 0.1) is 0 Å². The summed E-state index contributed by atoms with van der Waals surface area (Å²) in [6.07, 6.45) is 0. The van der Waals surface area contributed by atoms with E-state index in [0.717, 1.165) is 4.47 Å². The molecule has 1 aromatic rings. The monoisotopic (exact) mass is 259 g/mol. The van der Waals surface area contributed by atoms with Crippen LogP contribution in [-0.4, -0.2) is 11.3 Å². The predicted molar refractivity (Wildman–Crippen MR) is 63.1 cm³/mol. The molecule has 1 rings (SSSR count). The van der Waals surface area contributed by atoms with Gasteiger partial charge in [-0.1, -0.05) is 12.1 Å². The number of rotatable bonds is 3. The van der Waals surface area contributed by atoms with Gasteiger partial charge in [0, 0.05) is 20.7 Å². The van der Waals surface area contributed by atoms with Crippen molar-refractivity contribution in [2.24, 2.45) is 5.73 Å². The Morgan fingerprint density at radius 1 is 1.38 bits per heavy atom. The summed E-state index contributed by atoms with van der Waals surface area (Å²) >= 11 is 5.32. The fourth-order valence-electron chi connectivity index (χ4n) is 0.867. The molecule has 3 heteroatoms. The van der Waals surface area contributed by atoms with E-state index in [9.17, 15) is 0 Å². The summed E-state index contributed by atoms with van der Waals surface area (Å²) in [7, 11) is 0. The lowest BCUT2D eigenvalue weighted by molar-refractivity contribution is 0.723. The Balaban J connectivity index is 2.80. The Bertz CT molecular complexity index is 286. The smallest absolute Gasteiger partial charge is 0.0311 e. The molecule has 0 atom stereocenters. The first-order valence-corrected chi connectivity index (χ1v) is 5.80. The molecular weight excluding hydrogens is 246 g/mol. The number of nitrogens with two attached hydrogens (primary N) is 1. The molecule has 0 spiro atoms. The van der Waals surface area contributed by atoms with E-state index >= 15 is 0 Å². The van der Waals surface area contributed by atoms with E-state index in [1.54, 1.807) is 11.8 Å². The summed E-state index contributed by atoms with van der Waals surface area (Å²) in [6, 6.07) is 8.21. The standard InChI is InChI=1S/C10H14BrNS/c1-10(2,7-12)13-9-6-4-3-5-8(9)11/h3-6H,7,12H2,1-2H3. The molecule has 0 fully saturated rings. The molecule has 0 aliphatic rings. The van der Waals surface area contributed by atoms with Crippen LogP contribution in [0.2, 0.25) is 0 Å². The molecular formula is C10H14BrNS. The predicted octanol–water partition coefficient (Wildman–Crippen LogP) is 3.28. The van der Waals surface area contributed by atoms with Crippen LogP contribution in [0, 0.1) is 0 Å². The van der Waals surface area contributed by atoms with Crippen molar-refractivity contribution in [2.75, 3.05) is 6.54 Å². The van der Waals surface area contributed by atoms with Gasteiger partial charge >= 0.3 is 0 Å². The molecule has 0 saturated heterocycles. The highest BCUT2D eigenvalue weighted by atomic mass is 79.9. The van der Waals surface area contributed by atoms with Crippen molar-refractivity contribution < 1.29 is 0 Å². The molecule has 0 unspecified atom stereocenters. The van der Waals surface area contributed by atoms with Crippen LogP contribution in [0.1, 0.15) is 13.8 Å². The lowest BCUT2D eigenvalue weighted by Crippen LogP contribution is -2.26. The zero-order valence-electron chi connectivity index (χ0n) is 7.88. The van der Waals surface area contributed by atoms with E-state index in [4.69, 9.17) is 5.73 Å². The average molecular weight is 260 g/mol. The maximum atomic E-state index is 5.67. The third-order valence-corrected chi connectivity index (χ3v) is 3.96. The zero-order chi connectivity index (χ0) is 9.90. The summed E-state index contributed by atoms with van der Waals surface area (Å²) < 4.78 is 1.24. The quantitative estimate of drug-likeness (QED) is 0.844. The van der Waals surface area contributed by atoms with Gasteiger partial charge in [-0.15, -0.1) is 11.8 Å². The van der Waals surface area contributed by atoms with Gasteiger partial charge in [0.15, 0.2) is 0 Å². The molecule has 72 valence electrons. The van der Waals surface area contributed by atoms with Gasteiger partial charge < -0.3 is 5.73 Å². The molecule has 0 aromatic heterocycles. The third kappa shape index (κ3) is 3.33. The largest absolute Gasteiger partial charge is 0.329 e. The zero-order valence-corrected chi connectivity index (χ0v) is 10.3. The topological polar surface area (TPSA) is 26.0 Å². The summed E-state index contributed by atoms with van der Waals surface area (Å²) in [5, 5.41) is 0. The summed E-state index contributed by atoms with van der Waals surface area (Å²) in [4.78, 5) is 1.25. The maximum absolute atomic E-state index is 5.67. The first-order valence-electron chi connectivity index (χ1n) is 4.19. The fraction of sp³-hybridized carbons (Fsp3) is 0.400. The minimum absolute atomic E-state index is 0.101.